The normalized spacial score (nSPS) is 14.2. The van der Waals surface area contributed by atoms with Crippen molar-refractivity contribution in [2.24, 2.45) is 0 Å². The van der Waals surface area contributed by atoms with Gasteiger partial charge in [-0.15, -0.1) is 5.10 Å². The zero-order valence-electron chi connectivity index (χ0n) is 16.6. The number of carbonyl (C=O) groups is 2. The fraction of sp³-hybridized carbons (Fsp3) is 0.364. The van der Waals surface area contributed by atoms with E-state index in [1.807, 2.05) is 42.2 Å². The molecule has 1 aliphatic rings. The third kappa shape index (κ3) is 4.13. The van der Waals surface area contributed by atoms with Gasteiger partial charge in [0.2, 0.25) is 0 Å². The highest BCUT2D eigenvalue weighted by Crippen LogP contribution is 2.16. The number of nitrogens with zero attached hydrogens (tertiary/aromatic N) is 4. The first-order chi connectivity index (χ1) is 14.2. The molecule has 1 aliphatic heterocycles. The summed E-state index contributed by atoms with van der Waals surface area (Å²) in [6.45, 7) is 4.74. The fourth-order valence-corrected chi connectivity index (χ4v) is 3.73. The van der Waals surface area contributed by atoms with Crippen LogP contribution in [0.15, 0.2) is 42.5 Å². The van der Waals surface area contributed by atoms with E-state index in [-0.39, 0.29) is 11.8 Å². The Labute approximate surface area is 169 Å². The fourth-order valence-electron chi connectivity index (χ4n) is 3.73. The lowest BCUT2D eigenvalue weighted by atomic mass is 10.1. The van der Waals surface area contributed by atoms with E-state index in [0.717, 1.165) is 43.6 Å². The number of nitrogens with one attached hydrogen (secondary N) is 1. The Morgan fingerprint density at radius 1 is 1.03 bits per heavy atom. The minimum atomic E-state index is -0.175. The molecule has 0 spiro atoms. The summed E-state index contributed by atoms with van der Waals surface area (Å²) in [5, 5.41) is 11.1. The topological polar surface area (TPSA) is 80.1 Å². The van der Waals surface area contributed by atoms with E-state index in [0.29, 0.717) is 23.2 Å². The number of aryl methyl sites for hydroxylation is 1. The van der Waals surface area contributed by atoms with Gasteiger partial charge in [0.1, 0.15) is 5.52 Å². The molecular formula is C22H25N5O2. The van der Waals surface area contributed by atoms with Crippen molar-refractivity contribution in [1.82, 2.24) is 25.2 Å². The summed E-state index contributed by atoms with van der Waals surface area (Å²) in [5.74, 6) is -0.104. The molecule has 4 rings (SSSR count). The summed E-state index contributed by atoms with van der Waals surface area (Å²) in [7, 11) is 0. The summed E-state index contributed by atoms with van der Waals surface area (Å²) < 4.78 is 1.79. The number of hydrogen-bond donors (Lipinski definition) is 1. The minimum absolute atomic E-state index is 0.0716. The van der Waals surface area contributed by atoms with Crippen molar-refractivity contribution in [2.45, 2.75) is 39.3 Å². The van der Waals surface area contributed by atoms with Crippen LogP contribution in [0.2, 0.25) is 0 Å². The van der Waals surface area contributed by atoms with Crippen LogP contribution in [0.3, 0.4) is 0 Å². The molecule has 1 aromatic heterocycles. The van der Waals surface area contributed by atoms with E-state index in [1.54, 1.807) is 16.8 Å². The summed E-state index contributed by atoms with van der Waals surface area (Å²) in [6.07, 6.45) is 3.33. The highest BCUT2D eigenvalue weighted by atomic mass is 16.2. The summed E-state index contributed by atoms with van der Waals surface area (Å²) in [4.78, 5) is 27.2. The standard InChI is InChI=1S/C22H25N5O2/c1-2-27-20-10-9-17(14-19(20)24-25-27)21(28)23-15-16-7-6-8-18(13-16)22(29)26-11-4-3-5-12-26/h6-10,13-14H,2-5,11-12,15H2,1H3,(H,23,28). The largest absolute Gasteiger partial charge is 0.348 e. The molecule has 1 N–H and O–H groups in total. The van der Waals surface area contributed by atoms with Gasteiger partial charge in [-0.25, -0.2) is 4.68 Å². The van der Waals surface area contributed by atoms with Crippen molar-refractivity contribution in [2.75, 3.05) is 13.1 Å². The lowest BCUT2D eigenvalue weighted by molar-refractivity contribution is 0.0724. The molecule has 150 valence electrons. The van der Waals surface area contributed by atoms with Gasteiger partial charge in [-0.2, -0.15) is 0 Å². The summed E-state index contributed by atoms with van der Waals surface area (Å²) >= 11 is 0. The van der Waals surface area contributed by atoms with Crippen molar-refractivity contribution < 1.29 is 9.59 Å². The maximum absolute atomic E-state index is 12.7. The van der Waals surface area contributed by atoms with Crippen molar-refractivity contribution in [3.8, 4) is 0 Å². The Bertz CT molecular complexity index is 1040. The second-order valence-corrected chi connectivity index (χ2v) is 7.34. The third-order valence-corrected chi connectivity index (χ3v) is 5.35. The summed E-state index contributed by atoms with van der Waals surface area (Å²) in [6, 6.07) is 12.9. The number of fused-ring (bicyclic) bond motifs is 1. The molecule has 2 aromatic carbocycles. The summed E-state index contributed by atoms with van der Waals surface area (Å²) in [5.41, 5.74) is 3.73. The lowest BCUT2D eigenvalue weighted by Gasteiger charge is -2.26. The van der Waals surface area contributed by atoms with Crippen LogP contribution in [0, 0.1) is 0 Å². The van der Waals surface area contributed by atoms with Crippen LogP contribution >= 0.6 is 0 Å². The monoisotopic (exact) mass is 391 g/mol. The molecule has 7 nitrogen and oxygen atoms in total. The van der Waals surface area contributed by atoms with Gasteiger partial charge in [0.25, 0.3) is 11.8 Å². The predicted octanol–water partition coefficient (Wildman–Crippen LogP) is 3.01. The highest BCUT2D eigenvalue weighted by Gasteiger charge is 2.18. The van der Waals surface area contributed by atoms with Gasteiger partial charge in [-0.1, -0.05) is 17.3 Å². The lowest BCUT2D eigenvalue weighted by Crippen LogP contribution is -2.35. The maximum Gasteiger partial charge on any atom is 0.253 e. The van der Waals surface area contributed by atoms with E-state index >= 15 is 0 Å². The van der Waals surface area contributed by atoms with Crippen molar-refractivity contribution >= 4 is 22.8 Å². The number of likely N-dealkylation sites (tertiary alicyclic amines) is 1. The van der Waals surface area contributed by atoms with Crippen molar-refractivity contribution in [1.29, 1.82) is 0 Å². The quantitative estimate of drug-likeness (QED) is 0.725. The average molecular weight is 391 g/mol. The van der Waals surface area contributed by atoms with Gasteiger partial charge in [0, 0.05) is 37.3 Å². The van der Waals surface area contributed by atoms with Crippen LogP contribution in [0.4, 0.5) is 0 Å². The number of rotatable bonds is 5. The molecule has 0 bridgehead atoms. The first-order valence-electron chi connectivity index (χ1n) is 10.2. The number of piperidine rings is 1. The third-order valence-electron chi connectivity index (χ3n) is 5.35. The van der Waals surface area contributed by atoms with Crippen LogP contribution in [-0.2, 0) is 13.1 Å². The number of amides is 2. The first kappa shape index (κ1) is 19.1. The molecule has 0 saturated carbocycles. The van der Waals surface area contributed by atoms with Crippen LogP contribution in [0.25, 0.3) is 11.0 Å². The smallest absolute Gasteiger partial charge is 0.253 e. The average Bonchev–Trinajstić information content (AvgIpc) is 3.20. The van der Waals surface area contributed by atoms with Crippen LogP contribution < -0.4 is 5.32 Å². The zero-order chi connectivity index (χ0) is 20.2. The number of hydrogen-bond acceptors (Lipinski definition) is 4. The first-order valence-corrected chi connectivity index (χ1v) is 10.2. The number of carbonyl (C=O) groups excluding carboxylic acids is 2. The SMILES string of the molecule is CCn1nnc2cc(C(=O)NCc3cccc(C(=O)N4CCCCC4)c3)ccc21. The van der Waals surface area contributed by atoms with E-state index in [2.05, 4.69) is 15.6 Å². The molecule has 1 saturated heterocycles. The second kappa shape index (κ2) is 8.43. The molecule has 0 aliphatic carbocycles. The Kier molecular flexibility index (Phi) is 5.55. The van der Waals surface area contributed by atoms with Gasteiger partial charge in [-0.05, 0) is 62.1 Å². The van der Waals surface area contributed by atoms with Crippen molar-refractivity contribution in [3.63, 3.8) is 0 Å². The van der Waals surface area contributed by atoms with Crippen LogP contribution in [-0.4, -0.2) is 44.8 Å². The molecule has 1 fully saturated rings. The minimum Gasteiger partial charge on any atom is -0.348 e. The molecule has 3 aromatic rings. The van der Waals surface area contributed by atoms with E-state index in [1.165, 1.54) is 6.42 Å². The molecule has 2 heterocycles. The van der Waals surface area contributed by atoms with Crippen molar-refractivity contribution in [3.05, 3.63) is 59.2 Å². The number of benzene rings is 2. The van der Waals surface area contributed by atoms with Crippen LogP contribution in [0.1, 0.15) is 52.5 Å². The van der Waals surface area contributed by atoms with E-state index < -0.39 is 0 Å². The Morgan fingerprint density at radius 3 is 2.66 bits per heavy atom. The molecule has 0 radical (unpaired) electrons. The van der Waals surface area contributed by atoms with Gasteiger partial charge in [-0.3, -0.25) is 9.59 Å². The van der Waals surface area contributed by atoms with Crippen LogP contribution in [0.5, 0.6) is 0 Å². The maximum atomic E-state index is 12.7. The highest BCUT2D eigenvalue weighted by molar-refractivity contribution is 5.97. The van der Waals surface area contributed by atoms with E-state index in [9.17, 15) is 9.59 Å². The molecule has 0 unspecified atom stereocenters. The molecular weight excluding hydrogens is 366 g/mol. The second-order valence-electron chi connectivity index (χ2n) is 7.34. The predicted molar refractivity (Wildman–Crippen MR) is 111 cm³/mol. The van der Waals surface area contributed by atoms with Gasteiger partial charge in [0.05, 0.1) is 5.52 Å². The molecule has 29 heavy (non-hydrogen) atoms. The van der Waals surface area contributed by atoms with Gasteiger partial charge < -0.3 is 10.2 Å². The van der Waals surface area contributed by atoms with Gasteiger partial charge >= 0.3 is 0 Å². The molecule has 0 atom stereocenters. The zero-order valence-corrected chi connectivity index (χ0v) is 16.6. The Balaban J connectivity index is 1.42. The van der Waals surface area contributed by atoms with Gasteiger partial charge in [0.15, 0.2) is 0 Å². The van der Waals surface area contributed by atoms with E-state index in [4.69, 9.17) is 0 Å². The molecule has 7 heteroatoms. The Hall–Kier alpha value is -3.22. The number of aromatic nitrogens is 3. The molecule has 2 amide bonds. The Morgan fingerprint density at radius 2 is 1.86 bits per heavy atom.